The van der Waals surface area contributed by atoms with Crippen LogP contribution >= 0.6 is 0 Å². The number of nitro groups is 1. The highest BCUT2D eigenvalue weighted by atomic mass is 32.2. The van der Waals surface area contributed by atoms with Gasteiger partial charge in [0.1, 0.15) is 0 Å². The predicted molar refractivity (Wildman–Crippen MR) is 72.2 cm³/mol. The van der Waals surface area contributed by atoms with Gasteiger partial charge in [-0.15, -0.1) is 0 Å². The van der Waals surface area contributed by atoms with E-state index >= 15 is 0 Å². The first kappa shape index (κ1) is 13.9. The van der Waals surface area contributed by atoms with Crippen molar-refractivity contribution in [3.05, 3.63) is 38.2 Å². The molecule has 2 aromatic rings. The molecule has 9 nitrogen and oxygen atoms in total. The monoisotopic (exact) mass is 298 g/mol. The van der Waals surface area contributed by atoms with E-state index in [-0.39, 0.29) is 22.5 Å². The van der Waals surface area contributed by atoms with Gasteiger partial charge in [-0.1, -0.05) is 0 Å². The van der Waals surface area contributed by atoms with Crippen LogP contribution in [0.4, 0.5) is 11.5 Å². The van der Waals surface area contributed by atoms with Crippen LogP contribution in [0.2, 0.25) is 0 Å². The molecular weight excluding hydrogens is 288 g/mol. The second-order valence-electron chi connectivity index (χ2n) is 4.20. The number of aryl methyl sites for hydroxylation is 1. The highest BCUT2D eigenvalue weighted by molar-refractivity contribution is 7.92. The van der Waals surface area contributed by atoms with Gasteiger partial charge in [0.25, 0.3) is 11.2 Å². The lowest BCUT2D eigenvalue weighted by Crippen LogP contribution is -2.20. The van der Waals surface area contributed by atoms with Gasteiger partial charge in [0.2, 0.25) is 15.8 Å². The highest BCUT2D eigenvalue weighted by Crippen LogP contribution is 2.22. The van der Waals surface area contributed by atoms with Crippen molar-refractivity contribution in [3.63, 3.8) is 0 Å². The van der Waals surface area contributed by atoms with Gasteiger partial charge < -0.3 is 4.98 Å². The number of hydrogen-bond acceptors (Lipinski definition) is 6. The van der Waals surface area contributed by atoms with E-state index in [0.29, 0.717) is 5.56 Å². The molecule has 10 heteroatoms. The molecule has 0 radical (unpaired) electrons. The molecule has 0 saturated heterocycles. The van der Waals surface area contributed by atoms with Gasteiger partial charge in [-0.3, -0.25) is 19.6 Å². The second kappa shape index (κ2) is 4.56. The molecule has 20 heavy (non-hydrogen) atoms. The Morgan fingerprint density at radius 3 is 2.60 bits per heavy atom. The molecule has 0 aliphatic rings. The molecule has 0 unspecified atom stereocenters. The van der Waals surface area contributed by atoms with Gasteiger partial charge in [0, 0.05) is 11.6 Å². The number of nitrogens with zero attached hydrogens (tertiary/aromatic N) is 2. The average molecular weight is 298 g/mol. The molecule has 0 atom stereocenters. The number of aromatic nitrogens is 2. The molecule has 0 aliphatic carbocycles. The number of nitrogens with one attached hydrogen (secondary N) is 2. The van der Waals surface area contributed by atoms with Crippen molar-refractivity contribution in [2.45, 2.75) is 6.92 Å². The first-order chi connectivity index (χ1) is 9.17. The number of sulfonamides is 1. The summed E-state index contributed by atoms with van der Waals surface area (Å²) in [6.45, 7) is 1.52. The molecule has 0 amide bonds. The Labute approximate surface area is 112 Å². The molecule has 1 aromatic carbocycles. The van der Waals surface area contributed by atoms with Crippen LogP contribution in [0.5, 0.6) is 0 Å². The van der Waals surface area contributed by atoms with Crippen LogP contribution in [-0.2, 0) is 10.0 Å². The third-order valence-electron chi connectivity index (χ3n) is 2.49. The van der Waals surface area contributed by atoms with Crippen LogP contribution in [0.15, 0.2) is 16.9 Å². The fourth-order valence-electron chi connectivity index (χ4n) is 1.67. The fraction of sp³-hybridized carbons (Fsp3) is 0.200. The number of hydrogen-bond donors (Lipinski definition) is 2. The topological polar surface area (TPSA) is 135 Å². The minimum atomic E-state index is -3.64. The van der Waals surface area contributed by atoms with Crippen LogP contribution < -0.4 is 10.3 Å². The van der Waals surface area contributed by atoms with Crippen molar-refractivity contribution >= 4 is 32.6 Å². The minimum absolute atomic E-state index is 0.154. The molecule has 0 saturated carbocycles. The smallest absolute Gasteiger partial charge is 0.292 e. The third-order valence-corrected chi connectivity index (χ3v) is 3.05. The summed E-state index contributed by atoms with van der Waals surface area (Å²) >= 11 is 0. The van der Waals surface area contributed by atoms with Crippen LogP contribution in [0.1, 0.15) is 5.56 Å². The summed E-state index contributed by atoms with van der Waals surface area (Å²) in [5.74, 6) is -0.381. The molecule has 2 rings (SSSR count). The van der Waals surface area contributed by atoms with Crippen LogP contribution in [0.3, 0.4) is 0 Å². The van der Waals surface area contributed by atoms with Gasteiger partial charge >= 0.3 is 0 Å². The summed E-state index contributed by atoms with van der Waals surface area (Å²) in [7, 11) is -3.64. The summed E-state index contributed by atoms with van der Waals surface area (Å²) in [5.41, 5.74) is -0.169. The molecule has 1 heterocycles. The molecule has 106 valence electrons. The van der Waals surface area contributed by atoms with Gasteiger partial charge in [-0.25, -0.2) is 13.4 Å². The number of rotatable bonds is 3. The van der Waals surface area contributed by atoms with Crippen LogP contribution in [-0.4, -0.2) is 29.6 Å². The zero-order valence-electron chi connectivity index (χ0n) is 10.5. The Kier molecular flexibility index (Phi) is 3.18. The van der Waals surface area contributed by atoms with Crippen LogP contribution in [0, 0.1) is 17.0 Å². The van der Waals surface area contributed by atoms with Crippen molar-refractivity contribution in [1.29, 1.82) is 0 Å². The molecule has 0 aliphatic heterocycles. The van der Waals surface area contributed by atoms with Crippen molar-refractivity contribution < 1.29 is 13.3 Å². The first-order valence-corrected chi connectivity index (χ1v) is 7.23. The van der Waals surface area contributed by atoms with Crippen molar-refractivity contribution in [2.75, 3.05) is 11.0 Å². The molecular formula is C10H10N4O5S. The van der Waals surface area contributed by atoms with Gasteiger partial charge in [0.15, 0.2) is 0 Å². The summed E-state index contributed by atoms with van der Waals surface area (Å²) in [4.78, 5) is 28.1. The van der Waals surface area contributed by atoms with Crippen LogP contribution in [0.25, 0.3) is 11.0 Å². The maximum absolute atomic E-state index is 11.7. The lowest BCUT2D eigenvalue weighted by Gasteiger charge is -2.05. The second-order valence-corrected chi connectivity index (χ2v) is 5.95. The number of benzene rings is 1. The van der Waals surface area contributed by atoms with Crippen molar-refractivity contribution in [1.82, 2.24) is 9.97 Å². The molecule has 0 fully saturated rings. The normalized spacial score (nSPS) is 11.5. The molecule has 0 spiro atoms. The maximum atomic E-state index is 11.7. The zero-order chi connectivity index (χ0) is 15.1. The standard InChI is InChI=1S/C10H10N4O5S/c1-5-3-6-7(4-8(5)14(16)17)12-10(15)9(11-6)13-20(2,18)19/h3-4H,1-2H3,(H,11,13)(H,12,15). The number of aromatic amines is 1. The SMILES string of the molecule is Cc1cc2nc(NS(C)(=O)=O)c(=O)[nH]c2cc1[N+](=O)[O-]. The van der Waals surface area contributed by atoms with E-state index in [9.17, 15) is 23.3 Å². The van der Waals surface area contributed by atoms with E-state index in [1.54, 1.807) is 0 Å². The Hall–Kier alpha value is -2.49. The first-order valence-electron chi connectivity index (χ1n) is 5.34. The minimum Gasteiger partial charge on any atom is -0.317 e. The maximum Gasteiger partial charge on any atom is 0.292 e. The molecule has 1 aromatic heterocycles. The number of nitro benzene ring substituents is 1. The van der Waals surface area contributed by atoms with E-state index in [4.69, 9.17) is 0 Å². The summed E-state index contributed by atoms with van der Waals surface area (Å²) < 4.78 is 24.2. The van der Waals surface area contributed by atoms with Crippen molar-refractivity contribution in [3.8, 4) is 0 Å². The molecule has 0 bridgehead atoms. The summed E-state index contributed by atoms with van der Waals surface area (Å²) in [5, 5.41) is 10.8. The van der Waals surface area contributed by atoms with E-state index in [1.165, 1.54) is 19.1 Å². The largest absolute Gasteiger partial charge is 0.317 e. The van der Waals surface area contributed by atoms with E-state index in [0.717, 1.165) is 6.26 Å². The van der Waals surface area contributed by atoms with E-state index in [2.05, 4.69) is 9.97 Å². The van der Waals surface area contributed by atoms with Gasteiger partial charge in [0.05, 0.1) is 22.2 Å². The summed E-state index contributed by atoms with van der Waals surface area (Å²) in [6, 6.07) is 2.58. The lowest BCUT2D eigenvalue weighted by atomic mass is 10.1. The quantitative estimate of drug-likeness (QED) is 0.626. The Morgan fingerprint density at radius 1 is 1.40 bits per heavy atom. The summed E-state index contributed by atoms with van der Waals surface area (Å²) in [6.07, 6.45) is 0.888. The number of fused-ring (bicyclic) bond motifs is 1. The predicted octanol–water partition coefficient (Wildman–Crippen LogP) is 0.511. The molecule has 2 N–H and O–H groups in total. The number of H-pyrrole nitrogens is 1. The third kappa shape index (κ3) is 2.74. The Balaban J connectivity index is 2.69. The fourth-order valence-corrected chi connectivity index (χ4v) is 2.16. The Morgan fingerprint density at radius 2 is 2.05 bits per heavy atom. The lowest BCUT2D eigenvalue weighted by molar-refractivity contribution is -0.385. The highest BCUT2D eigenvalue weighted by Gasteiger charge is 2.15. The average Bonchev–Trinajstić information content (AvgIpc) is 2.28. The van der Waals surface area contributed by atoms with E-state index in [1.807, 2.05) is 4.72 Å². The van der Waals surface area contributed by atoms with E-state index < -0.39 is 20.5 Å². The zero-order valence-corrected chi connectivity index (χ0v) is 11.3. The van der Waals surface area contributed by atoms with Gasteiger partial charge in [-0.2, -0.15) is 0 Å². The van der Waals surface area contributed by atoms with Gasteiger partial charge in [-0.05, 0) is 13.0 Å². The Bertz CT molecular complexity index is 871. The number of anilines is 1. The van der Waals surface area contributed by atoms with Crippen molar-refractivity contribution in [2.24, 2.45) is 0 Å².